The van der Waals surface area contributed by atoms with Crippen LogP contribution in [0.15, 0.2) is 47.8 Å². The molecule has 6 nitrogen and oxygen atoms in total. The summed E-state index contributed by atoms with van der Waals surface area (Å²) in [5.41, 5.74) is -1.26. The zero-order valence-electron chi connectivity index (χ0n) is 15.5. The third-order valence-electron chi connectivity index (χ3n) is 4.93. The van der Waals surface area contributed by atoms with Crippen LogP contribution in [0.25, 0.3) is 0 Å². The van der Waals surface area contributed by atoms with E-state index in [0.717, 1.165) is 12.1 Å². The molecule has 0 spiro atoms. The molecule has 0 saturated carbocycles. The van der Waals surface area contributed by atoms with Gasteiger partial charge in [0.1, 0.15) is 17.3 Å². The fourth-order valence-electron chi connectivity index (χ4n) is 3.51. The van der Waals surface area contributed by atoms with Crippen LogP contribution in [0.1, 0.15) is 31.1 Å². The number of aliphatic carboxylic acids is 1. The third-order valence-corrected chi connectivity index (χ3v) is 5.26. The molecule has 0 radical (unpaired) electrons. The molecule has 2 aromatic rings. The van der Waals surface area contributed by atoms with Gasteiger partial charge in [-0.3, -0.25) is 10.3 Å². The maximum Gasteiger partial charge on any atom is 0.335 e. The first-order valence-corrected chi connectivity index (χ1v) is 9.04. The number of benzene rings is 1. The van der Waals surface area contributed by atoms with Gasteiger partial charge < -0.3 is 10.4 Å². The van der Waals surface area contributed by atoms with E-state index in [2.05, 4.69) is 21.7 Å². The molecule has 29 heavy (non-hydrogen) atoms. The van der Waals surface area contributed by atoms with Crippen molar-refractivity contribution in [1.82, 2.24) is 15.6 Å². The Morgan fingerprint density at radius 2 is 2.14 bits per heavy atom. The molecule has 0 saturated heterocycles. The van der Waals surface area contributed by atoms with Crippen LogP contribution in [0.4, 0.5) is 8.78 Å². The van der Waals surface area contributed by atoms with Gasteiger partial charge in [-0.15, -0.1) is 0 Å². The van der Waals surface area contributed by atoms with E-state index in [1.54, 1.807) is 6.92 Å². The summed E-state index contributed by atoms with van der Waals surface area (Å²) < 4.78 is 28.3. The van der Waals surface area contributed by atoms with Crippen molar-refractivity contribution in [3.8, 4) is 6.07 Å². The first-order valence-electron chi connectivity index (χ1n) is 8.66. The molecule has 0 aliphatic carbocycles. The highest BCUT2D eigenvalue weighted by Gasteiger charge is 2.49. The van der Waals surface area contributed by atoms with Crippen LogP contribution in [0.2, 0.25) is 5.02 Å². The number of aromatic nitrogens is 1. The normalized spacial score (nSPS) is 22.6. The topological polar surface area (TPSA) is 98.0 Å². The van der Waals surface area contributed by atoms with E-state index in [4.69, 9.17) is 11.6 Å². The molecule has 0 amide bonds. The van der Waals surface area contributed by atoms with Crippen LogP contribution in [-0.4, -0.2) is 16.1 Å². The van der Waals surface area contributed by atoms with Gasteiger partial charge in [0, 0.05) is 16.9 Å². The van der Waals surface area contributed by atoms with Gasteiger partial charge in [-0.25, -0.2) is 13.6 Å². The molecule has 1 aromatic heterocycles. The van der Waals surface area contributed by atoms with Gasteiger partial charge in [-0.1, -0.05) is 17.7 Å². The van der Waals surface area contributed by atoms with Gasteiger partial charge in [0.15, 0.2) is 5.66 Å². The maximum atomic E-state index is 14.7. The minimum atomic E-state index is -1.55. The summed E-state index contributed by atoms with van der Waals surface area (Å²) in [4.78, 5) is 16.1. The van der Waals surface area contributed by atoms with Crippen molar-refractivity contribution in [2.75, 3.05) is 0 Å². The number of halogens is 3. The average Bonchev–Trinajstić information content (AvgIpc) is 2.66. The van der Waals surface area contributed by atoms with Crippen LogP contribution in [-0.2, 0) is 10.5 Å². The highest BCUT2D eigenvalue weighted by Crippen LogP contribution is 2.40. The van der Waals surface area contributed by atoms with Crippen molar-refractivity contribution >= 4 is 17.6 Å². The Bertz CT molecular complexity index is 1050. The Morgan fingerprint density at radius 3 is 2.72 bits per heavy atom. The minimum Gasteiger partial charge on any atom is -0.478 e. The summed E-state index contributed by atoms with van der Waals surface area (Å²) in [5.74, 6) is -3.38. The quantitative estimate of drug-likeness (QED) is 0.701. The van der Waals surface area contributed by atoms with Crippen LogP contribution in [0, 0.1) is 28.9 Å². The SMILES string of the molecule is CC1=C(C(=O)O)C(c2ccc(F)cc2Cl)NC(c2ncccc2F)(C(C)C#N)N1. The van der Waals surface area contributed by atoms with Crippen molar-refractivity contribution in [2.45, 2.75) is 25.6 Å². The average molecular weight is 419 g/mol. The van der Waals surface area contributed by atoms with Crippen molar-refractivity contribution in [2.24, 2.45) is 5.92 Å². The zero-order chi connectivity index (χ0) is 21.3. The first-order chi connectivity index (χ1) is 13.7. The Balaban J connectivity index is 2.28. The predicted octanol–water partition coefficient (Wildman–Crippen LogP) is 3.62. The van der Waals surface area contributed by atoms with Crippen molar-refractivity contribution in [3.63, 3.8) is 0 Å². The third kappa shape index (κ3) is 3.55. The molecule has 0 fully saturated rings. The van der Waals surface area contributed by atoms with Gasteiger partial charge in [-0.2, -0.15) is 5.26 Å². The molecule has 1 aliphatic heterocycles. The lowest BCUT2D eigenvalue weighted by Gasteiger charge is -2.45. The molecule has 1 aromatic carbocycles. The summed E-state index contributed by atoms with van der Waals surface area (Å²) in [6.07, 6.45) is 1.37. The van der Waals surface area contributed by atoms with E-state index in [9.17, 15) is 23.9 Å². The lowest BCUT2D eigenvalue weighted by atomic mass is 9.83. The Hall–Kier alpha value is -3.02. The number of nitrogens with one attached hydrogen (secondary N) is 2. The largest absolute Gasteiger partial charge is 0.478 e. The van der Waals surface area contributed by atoms with E-state index in [1.165, 1.54) is 31.3 Å². The monoisotopic (exact) mass is 418 g/mol. The van der Waals surface area contributed by atoms with E-state index >= 15 is 0 Å². The molecule has 150 valence electrons. The molecule has 2 heterocycles. The number of pyridine rings is 1. The van der Waals surface area contributed by atoms with Gasteiger partial charge in [0.05, 0.1) is 23.6 Å². The van der Waals surface area contributed by atoms with E-state index in [1.807, 2.05) is 0 Å². The summed E-state index contributed by atoms with van der Waals surface area (Å²) in [7, 11) is 0. The second-order valence-electron chi connectivity index (χ2n) is 6.70. The number of carboxylic acid groups (broad SMARTS) is 1. The Kier molecular flexibility index (Phi) is 5.55. The van der Waals surface area contributed by atoms with Gasteiger partial charge in [0.2, 0.25) is 0 Å². The number of rotatable bonds is 4. The highest BCUT2D eigenvalue weighted by atomic mass is 35.5. The summed E-state index contributed by atoms with van der Waals surface area (Å²) in [6, 6.07) is 7.18. The van der Waals surface area contributed by atoms with Crippen LogP contribution in [0.5, 0.6) is 0 Å². The Morgan fingerprint density at radius 1 is 1.41 bits per heavy atom. The number of nitrogens with zero attached hydrogens (tertiary/aromatic N) is 2. The van der Waals surface area contributed by atoms with Gasteiger partial charge >= 0.3 is 5.97 Å². The van der Waals surface area contributed by atoms with Crippen LogP contribution >= 0.6 is 11.6 Å². The van der Waals surface area contributed by atoms with Crippen LogP contribution < -0.4 is 10.6 Å². The molecule has 3 atom stereocenters. The van der Waals surface area contributed by atoms with E-state index in [-0.39, 0.29) is 27.6 Å². The number of nitriles is 1. The number of carbonyl (C=O) groups is 1. The highest BCUT2D eigenvalue weighted by molar-refractivity contribution is 6.31. The maximum absolute atomic E-state index is 14.7. The molecule has 9 heteroatoms. The van der Waals surface area contributed by atoms with Crippen molar-refractivity contribution in [3.05, 3.63) is 75.7 Å². The fraction of sp³-hybridized carbons (Fsp3) is 0.250. The van der Waals surface area contributed by atoms with Crippen molar-refractivity contribution in [1.29, 1.82) is 5.26 Å². The number of carboxylic acids is 1. The number of hydrogen-bond acceptors (Lipinski definition) is 5. The molecular weight excluding hydrogens is 402 g/mol. The molecule has 3 unspecified atom stereocenters. The summed E-state index contributed by atoms with van der Waals surface area (Å²) in [5, 5.41) is 25.4. The summed E-state index contributed by atoms with van der Waals surface area (Å²) >= 11 is 6.19. The predicted molar refractivity (Wildman–Crippen MR) is 101 cm³/mol. The minimum absolute atomic E-state index is 0.00375. The fourth-order valence-corrected chi connectivity index (χ4v) is 3.78. The Labute approximate surface area is 170 Å². The molecule has 3 N–H and O–H groups in total. The van der Waals surface area contributed by atoms with Gasteiger partial charge in [0.25, 0.3) is 0 Å². The molecular formula is C20H17ClF2N4O2. The van der Waals surface area contributed by atoms with Crippen molar-refractivity contribution < 1.29 is 18.7 Å². The van der Waals surface area contributed by atoms with Gasteiger partial charge in [-0.05, 0) is 43.7 Å². The molecule has 0 bridgehead atoms. The second kappa shape index (κ2) is 7.78. The summed E-state index contributed by atoms with van der Waals surface area (Å²) in [6.45, 7) is 3.06. The van der Waals surface area contributed by atoms with E-state index < -0.39 is 35.2 Å². The molecule has 1 aliphatic rings. The number of hydrogen-bond donors (Lipinski definition) is 3. The first kappa shape index (κ1) is 20.7. The standard InChI is InChI=1S/C20H17ClF2N4O2/c1-10(9-24)20(18-15(23)4-3-7-25-18)26-11(2)16(19(28)29)17(27-20)13-6-5-12(22)8-14(13)21/h3-8,10,17,26-27H,1-2H3,(H,28,29). The zero-order valence-corrected chi connectivity index (χ0v) is 16.3. The lowest BCUT2D eigenvalue weighted by Crippen LogP contribution is -2.62. The number of allylic oxidation sites excluding steroid dienone is 1. The van der Waals surface area contributed by atoms with Crippen LogP contribution in [0.3, 0.4) is 0 Å². The van der Waals surface area contributed by atoms with E-state index in [0.29, 0.717) is 0 Å². The smallest absolute Gasteiger partial charge is 0.335 e. The lowest BCUT2D eigenvalue weighted by molar-refractivity contribution is -0.133. The second-order valence-corrected chi connectivity index (χ2v) is 7.11. The molecule has 3 rings (SSSR count).